The first kappa shape index (κ1) is 30.1. The molecule has 228 valence electrons. The maximum Gasteiger partial charge on any atom is 0.261 e. The Morgan fingerprint density at radius 1 is 1.18 bits per heavy atom. The van der Waals surface area contributed by atoms with Crippen LogP contribution in [0.1, 0.15) is 43.5 Å². The van der Waals surface area contributed by atoms with Gasteiger partial charge >= 0.3 is 0 Å². The molecular formula is C33H30Cl2F2N4O3. The smallest absolute Gasteiger partial charge is 0.261 e. The number of hydrogen-bond donors (Lipinski definition) is 1. The van der Waals surface area contributed by atoms with Crippen LogP contribution < -0.4 is 10.5 Å². The van der Waals surface area contributed by atoms with Crippen LogP contribution in [0, 0.1) is 18.6 Å². The van der Waals surface area contributed by atoms with Crippen molar-refractivity contribution < 1.29 is 18.7 Å². The zero-order chi connectivity index (χ0) is 31.8. The quantitative estimate of drug-likeness (QED) is 0.245. The van der Waals surface area contributed by atoms with Gasteiger partial charge in [-0.3, -0.25) is 19.1 Å². The lowest BCUT2D eigenvalue weighted by Gasteiger charge is -2.43. The minimum absolute atomic E-state index is 0.0825. The predicted molar refractivity (Wildman–Crippen MR) is 169 cm³/mol. The monoisotopic (exact) mass is 638 g/mol. The van der Waals surface area contributed by atoms with Crippen LogP contribution in [0.2, 0.25) is 10.0 Å². The number of amides is 1. The van der Waals surface area contributed by atoms with Crippen molar-refractivity contribution in [3.63, 3.8) is 0 Å². The van der Waals surface area contributed by atoms with Crippen molar-refractivity contribution in [3.05, 3.63) is 92.0 Å². The fourth-order valence-corrected chi connectivity index (χ4v) is 7.09. The number of halogens is 4. The standard InChI is InChI=1S/C33H30Cl2F2N4O3/c1-6-25(43)39-14-18-9-22-31(40(18)13-17(39)5)21-12-24(36)26(20-10-19(42)11-23(34)27(20)35)28(37)32(21)41(33(22)44)30-16(4)7-8-38-29(30)15(2)3/h6-8,10-12,15,17-18,42H,1,9,13-14H2,2-5H3. The van der Waals surface area contributed by atoms with Crippen LogP contribution in [-0.4, -0.2) is 50.6 Å². The van der Waals surface area contributed by atoms with Crippen LogP contribution in [-0.2, 0) is 11.2 Å². The highest BCUT2D eigenvalue weighted by atomic mass is 35.5. The second-order valence-corrected chi connectivity index (χ2v) is 12.6. The molecule has 0 radical (unpaired) electrons. The number of fused-ring (bicyclic) bond motifs is 5. The number of aryl methyl sites for hydroxylation is 1. The fraction of sp³-hybridized carbons (Fsp3) is 0.303. The molecule has 2 atom stereocenters. The maximum atomic E-state index is 17.1. The third kappa shape index (κ3) is 4.47. The van der Waals surface area contributed by atoms with E-state index in [0.29, 0.717) is 41.3 Å². The van der Waals surface area contributed by atoms with E-state index in [4.69, 9.17) is 23.2 Å². The van der Waals surface area contributed by atoms with Crippen molar-refractivity contribution in [3.8, 4) is 22.6 Å². The second kappa shape index (κ2) is 10.9. The average Bonchev–Trinajstić information content (AvgIpc) is 3.34. The van der Waals surface area contributed by atoms with Crippen LogP contribution in [0.3, 0.4) is 0 Å². The maximum absolute atomic E-state index is 17.1. The first-order valence-corrected chi connectivity index (χ1v) is 15.0. The normalized spacial score (nSPS) is 17.8. The molecule has 11 heteroatoms. The van der Waals surface area contributed by atoms with E-state index in [-0.39, 0.29) is 62.6 Å². The summed E-state index contributed by atoms with van der Waals surface area (Å²) in [5.41, 5.74) is 1.26. The molecule has 0 saturated carbocycles. The molecule has 2 aliphatic heterocycles. The molecule has 6 rings (SSSR count). The summed E-state index contributed by atoms with van der Waals surface area (Å²) < 4.78 is 34.7. The Hall–Kier alpha value is -3.95. The van der Waals surface area contributed by atoms with E-state index in [1.54, 1.807) is 17.2 Å². The van der Waals surface area contributed by atoms with Gasteiger partial charge in [-0.25, -0.2) is 8.78 Å². The number of nitrogens with zero attached hydrogens (tertiary/aromatic N) is 4. The predicted octanol–water partition coefficient (Wildman–Crippen LogP) is 6.92. The lowest BCUT2D eigenvalue weighted by Crippen LogP contribution is -2.57. The lowest BCUT2D eigenvalue weighted by molar-refractivity contribution is -0.128. The summed E-state index contributed by atoms with van der Waals surface area (Å²) in [5, 5.41) is 10.2. The van der Waals surface area contributed by atoms with Crippen LogP contribution >= 0.6 is 23.2 Å². The number of piperazine rings is 1. The van der Waals surface area contributed by atoms with Gasteiger partial charge in [0.05, 0.1) is 44.2 Å². The van der Waals surface area contributed by atoms with Crippen LogP contribution in [0.4, 0.5) is 14.5 Å². The zero-order valence-corrected chi connectivity index (χ0v) is 26.1. The van der Waals surface area contributed by atoms with Crippen molar-refractivity contribution in [2.75, 3.05) is 18.0 Å². The van der Waals surface area contributed by atoms with Crippen molar-refractivity contribution in [2.24, 2.45) is 0 Å². The number of pyridine rings is 2. The summed E-state index contributed by atoms with van der Waals surface area (Å²) in [4.78, 5) is 35.5. The highest BCUT2D eigenvalue weighted by molar-refractivity contribution is 6.44. The Morgan fingerprint density at radius 2 is 1.91 bits per heavy atom. The molecule has 1 fully saturated rings. The average molecular weight is 640 g/mol. The molecule has 1 N–H and O–H groups in total. The summed E-state index contributed by atoms with van der Waals surface area (Å²) in [5.74, 6) is -2.64. The van der Waals surface area contributed by atoms with Gasteiger partial charge in [0.1, 0.15) is 11.6 Å². The number of aromatic hydroxyl groups is 1. The minimum Gasteiger partial charge on any atom is -0.508 e. The first-order chi connectivity index (χ1) is 20.8. The minimum atomic E-state index is -1.03. The Labute approximate surface area is 262 Å². The molecule has 2 aliphatic rings. The van der Waals surface area contributed by atoms with Gasteiger partial charge in [0.25, 0.3) is 5.56 Å². The highest BCUT2D eigenvalue weighted by Gasteiger charge is 2.42. The molecule has 2 aromatic heterocycles. The third-order valence-electron chi connectivity index (χ3n) is 8.65. The van der Waals surface area contributed by atoms with E-state index in [0.717, 1.165) is 6.07 Å². The Balaban J connectivity index is 1.74. The number of carbonyl (C=O) groups is 1. The van der Waals surface area contributed by atoms with Gasteiger partial charge in [-0.05, 0) is 49.6 Å². The van der Waals surface area contributed by atoms with Crippen LogP contribution in [0.15, 0.2) is 47.9 Å². The van der Waals surface area contributed by atoms with Gasteiger partial charge in [-0.1, -0.05) is 43.6 Å². The summed E-state index contributed by atoms with van der Waals surface area (Å²) in [6.07, 6.45) is 3.19. The van der Waals surface area contributed by atoms with Crippen molar-refractivity contribution in [2.45, 2.75) is 52.1 Å². The summed E-state index contributed by atoms with van der Waals surface area (Å²) in [6, 6.07) is 4.76. The van der Waals surface area contributed by atoms with Crippen molar-refractivity contribution in [1.82, 2.24) is 14.5 Å². The molecule has 0 bridgehead atoms. The molecule has 1 saturated heterocycles. The molecule has 44 heavy (non-hydrogen) atoms. The molecule has 0 aliphatic carbocycles. The van der Waals surface area contributed by atoms with Gasteiger partial charge < -0.3 is 14.9 Å². The van der Waals surface area contributed by atoms with Gasteiger partial charge in [0, 0.05) is 54.3 Å². The Morgan fingerprint density at radius 3 is 2.59 bits per heavy atom. The lowest BCUT2D eigenvalue weighted by atomic mass is 9.98. The number of phenolic OH excluding ortho intramolecular Hbond substituents is 1. The number of phenols is 1. The van der Waals surface area contributed by atoms with Crippen molar-refractivity contribution in [1.29, 1.82) is 0 Å². The number of aromatic nitrogens is 2. The summed E-state index contributed by atoms with van der Waals surface area (Å²) in [6.45, 7) is 11.8. The second-order valence-electron chi connectivity index (χ2n) is 11.8. The highest BCUT2D eigenvalue weighted by Crippen LogP contribution is 2.46. The first-order valence-electron chi connectivity index (χ1n) is 14.3. The SMILES string of the molecule is C=CC(=O)N1CC2Cc3c(c4cc(F)c(-c5cc(O)cc(Cl)c5Cl)c(F)c4n(-c4c(C)ccnc4C(C)C)c3=O)N2CC1C. The summed E-state index contributed by atoms with van der Waals surface area (Å²) >= 11 is 12.6. The van der Waals surface area contributed by atoms with E-state index >= 15 is 8.78 Å². The topological polar surface area (TPSA) is 78.7 Å². The van der Waals surface area contributed by atoms with Gasteiger partial charge in [-0.15, -0.1) is 0 Å². The molecular weight excluding hydrogens is 609 g/mol. The molecule has 4 aromatic rings. The van der Waals surface area contributed by atoms with Gasteiger partial charge in [0.15, 0.2) is 5.82 Å². The molecule has 0 spiro atoms. The summed E-state index contributed by atoms with van der Waals surface area (Å²) in [7, 11) is 0. The Bertz CT molecular complexity index is 1960. The molecule has 4 heterocycles. The van der Waals surface area contributed by atoms with E-state index in [9.17, 15) is 14.7 Å². The molecule has 2 aromatic carbocycles. The number of benzene rings is 2. The van der Waals surface area contributed by atoms with E-state index in [2.05, 4.69) is 11.6 Å². The number of rotatable bonds is 4. The number of carbonyl (C=O) groups excluding carboxylic acids is 1. The van der Waals surface area contributed by atoms with Crippen LogP contribution in [0.5, 0.6) is 5.75 Å². The van der Waals surface area contributed by atoms with E-state index in [1.807, 2.05) is 32.6 Å². The molecule has 7 nitrogen and oxygen atoms in total. The van der Waals surface area contributed by atoms with E-state index in [1.165, 1.54) is 22.8 Å². The zero-order valence-electron chi connectivity index (χ0n) is 24.6. The Kier molecular flexibility index (Phi) is 7.45. The number of anilines is 1. The van der Waals surface area contributed by atoms with Crippen molar-refractivity contribution >= 4 is 45.7 Å². The molecule has 1 amide bonds. The van der Waals surface area contributed by atoms with Gasteiger partial charge in [-0.2, -0.15) is 0 Å². The molecule has 2 unspecified atom stereocenters. The largest absolute Gasteiger partial charge is 0.508 e. The number of hydrogen-bond acceptors (Lipinski definition) is 5. The third-order valence-corrected chi connectivity index (χ3v) is 9.45. The van der Waals surface area contributed by atoms with E-state index < -0.39 is 22.8 Å². The van der Waals surface area contributed by atoms with Gasteiger partial charge in [0.2, 0.25) is 5.91 Å². The van der Waals surface area contributed by atoms with Crippen LogP contribution in [0.25, 0.3) is 27.7 Å². The fourth-order valence-electron chi connectivity index (χ4n) is 6.67.